The fraction of sp³-hybridized carbons (Fsp3) is 0.238. The van der Waals surface area contributed by atoms with Gasteiger partial charge in [0.1, 0.15) is 10.7 Å². The molecule has 0 bridgehead atoms. The van der Waals surface area contributed by atoms with E-state index in [1.807, 2.05) is 30.3 Å². The quantitative estimate of drug-likeness (QED) is 0.661. The first-order valence-corrected chi connectivity index (χ1v) is 11.8. The van der Waals surface area contributed by atoms with E-state index in [2.05, 4.69) is 10.3 Å². The summed E-state index contributed by atoms with van der Waals surface area (Å²) in [6, 6.07) is 16.0. The standard InChI is InChI=1S/C21H21N3O3S2/c25-20(19-15-28-21(23-19)16-7-3-1-4-8-16)22-17-9-11-18(12-10-17)29(26,27)24-13-5-2-6-14-24/h1,3-4,7-12,15H,2,5-6,13-14H2,(H,22,25). The molecule has 1 amide bonds. The van der Waals surface area contributed by atoms with Crippen LogP contribution in [-0.2, 0) is 10.0 Å². The zero-order valence-corrected chi connectivity index (χ0v) is 17.4. The Balaban J connectivity index is 1.45. The van der Waals surface area contributed by atoms with Crippen molar-refractivity contribution in [2.24, 2.45) is 0 Å². The molecule has 0 aliphatic carbocycles. The lowest BCUT2D eigenvalue weighted by molar-refractivity contribution is 0.102. The van der Waals surface area contributed by atoms with Crippen LogP contribution in [-0.4, -0.2) is 36.7 Å². The van der Waals surface area contributed by atoms with Crippen LogP contribution in [0.4, 0.5) is 5.69 Å². The number of carbonyl (C=O) groups excluding carboxylic acids is 1. The second kappa shape index (κ2) is 8.44. The van der Waals surface area contributed by atoms with Gasteiger partial charge in [0.2, 0.25) is 10.0 Å². The van der Waals surface area contributed by atoms with Gasteiger partial charge >= 0.3 is 0 Å². The summed E-state index contributed by atoms with van der Waals surface area (Å²) in [4.78, 5) is 17.1. The van der Waals surface area contributed by atoms with E-state index in [1.165, 1.54) is 27.8 Å². The maximum Gasteiger partial charge on any atom is 0.275 e. The summed E-state index contributed by atoms with van der Waals surface area (Å²) in [5, 5.41) is 5.27. The van der Waals surface area contributed by atoms with Crippen molar-refractivity contribution in [1.82, 2.24) is 9.29 Å². The summed E-state index contributed by atoms with van der Waals surface area (Å²) in [6.45, 7) is 1.13. The largest absolute Gasteiger partial charge is 0.321 e. The van der Waals surface area contributed by atoms with E-state index in [-0.39, 0.29) is 10.8 Å². The molecule has 1 fully saturated rings. The van der Waals surface area contributed by atoms with Crippen LogP contribution in [0.25, 0.3) is 10.6 Å². The Morgan fingerprint density at radius 1 is 0.966 bits per heavy atom. The van der Waals surface area contributed by atoms with Crippen molar-refractivity contribution in [3.8, 4) is 10.6 Å². The van der Waals surface area contributed by atoms with Gasteiger partial charge in [-0.15, -0.1) is 11.3 Å². The number of anilines is 1. The van der Waals surface area contributed by atoms with Crippen molar-refractivity contribution in [2.75, 3.05) is 18.4 Å². The summed E-state index contributed by atoms with van der Waals surface area (Å²) < 4.78 is 27.0. The van der Waals surface area contributed by atoms with E-state index >= 15 is 0 Å². The molecule has 3 aromatic rings. The van der Waals surface area contributed by atoms with E-state index in [4.69, 9.17) is 0 Å². The van der Waals surface area contributed by atoms with Gasteiger partial charge < -0.3 is 5.32 Å². The van der Waals surface area contributed by atoms with E-state index < -0.39 is 10.0 Å². The van der Waals surface area contributed by atoms with Crippen molar-refractivity contribution < 1.29 is 13.2 Å². The molecule has 8 heteroatoms. The molecule has 150 valence electrons. The van der Waals surface area contributed by atoms with Crippen LogP contribution < -0.4 is 5.32 Å². The number of hydrogen-bond donors (Lipinski definition) is 1. The van der Waals surface area contributed by atoms with Crippen LogP contribution in [0.3, 0.4) is 0 Å². The van der Waals surface area contributed by atoms with Gasteiger partial charge in [-0.25, -0.2) is 13.4 Å². The molecule has 4 rings (SSSR count). The van der Waals surface area contributed by atoms with Crippen LogP contribution in [0.2, 0.25) is 0 Å². The molecule has 0 atom stereocenters. The third kappa shape index (κ3) is 4.39. The highest BCUT2D eigenvalue weighted by atomic mass is 32.2. The molecule has 0 unspecified atom stereocenters. The first-order chi connectivity index (χ1) is 14.0. The highest BCUT2D eigenvalue weighted by molar-refractivity contribution is 7.89. The second-order valence-corrected chi connectivity index (χ2v) is 9.64. The van der Waals surface area contributed by atoms with Crippen LogP contribution in [0.15, 0.2) is 64.9 Å². The Morgan fingerprint density at radius 3 is 2.34 bits per heavy atom. The van der Waals surface area contributed by atoms with Gasteiger partial charge in [-0.2, -0.15) is 4.31 Å². The minimum absolute atomic E-state index is 0.248. The van der Waals surface area contributed by atoms with Crippen LogP contribution in [0.5, 0.6) is 0 Å². The van der Waals surface area contributed by atoms with Gasteiger partial charge in [-0.05, 0) is 37.1 Å². The SMILES string of the molecule is O=C(Nc1ccc(S(=O)(=O)N2CCCCC2)cc1)c1csc(-c2ccccc2)n1. The first kappa shape index (κ1) is 19.8. The molecule has 6 nitrogen and oxygen atoms in total. The van der Waals surface area contributed by atoms with Gasteiger partial charge in [0.05, 0.1) is 4.90 Å². The molecule has 0 spiro atoms. The predicted octanol–water partition coefficient (Wildman–Crippen LogP) is 4.24. The number of piperidine rings is 1. The molecule has 0 saturated carbocycles. The van der Waals surface area contributed by atoms with Crippen molar-refractivity contribution in [1.29, 1.82) is 0 Å². The molecule has 1 aromatic heterocycles. The number of carbonyl (C=O) groups is 1. The number of aromatic nitrogens is 1. The third-order valence-electron chi connectivity index (χ3n) is 4.82. The molecular weight excluding hydrogens is 406 g/mol. The predicted molar refractivity (Wildman–Crippen MR) is 115 cm³/mol. The van der Waals surface area contributed by atoms with Gasteiger partial charge in [0.15, 0.2) is 0 Å². The summed E-state index contributed by atoms with van der Waals surface area (Å²) in [5.74, 6) is -0.324. The number of nitrogens with one attached hydrogen (secondary N) is 1. The average Bonchev–Trinajstić information content (AvgIpc) is 3.26. The smallest absolute Gasteiger partial charge is 0.275 e. The topological polar surface area (TPSA) is 79.4 Å². The number of amides is 1. The van der Waals surface area contributed by atoms with Gasteiger partial charge in [0.25, 0.3) is 5.91 Å². The van der Waals surface area contributed by atoms with Crippen LogP contribution >= 0.6 is 11.3 Å². The summed E-state index contributed by atoms with van der Waals surface area (Å²) in [5.41, 5.74) is 1.82. The van der Waals surface area contributed by atoms with Gasteiger partial charge in [-0.1, -0.05) is 36.8 Å². The summed E-state index contributed by atoms with van der Waals surface area (Å²) in [6.07, 6.45) is 2.86. The Bertz CT molecular complexity index is 1090. The van der Waals surface area contributed by atoms with Crippen molar-refractivity contribution in [3.63, 3.8) is 0 Å². The third-order valence-corrected chi connectivity index (χ3v) is 7.63. The number of sulfonamides is 1. The number of hydrogen-bond acceptors (Lipinski definition) is 5. The Morgan fingerprint density at radius 2 is 1.66 bits per heavy atom. The normalized spacial score (nSPS) is 15.2. The minimum atomic E-state index is -3.48. The van der Waals surface area contributed by atoms with Crippen molar-refractivity contribution in [2.45, 2.75) is 24.2 Å². The Hall–Kier alpha value is -2.55. The van der Waals surface area contributed by atoms with E-state index in [0.717, 1.165) is 29.8 Å². The minimum Gasteiger partial charge on any atom is -0.321 e. The summed E-state index contributed by atoms with van der Waals surface area (Å²) in [7, 11) is -3.48. The average molecular weight is 428 g/mol. The second-order valence-electron chi connectivity index (χ2n) is 6.85. The fourth-order valence-corrected chi connectivity index (χ4v) is 5.57. The van der Waals surface area contributed by atoms with Crippen LogP contribution in [0, 0.1) is 0 Å². The van der Waals surface area contributed by atoms with E-state index in [0.29, 0.717) is 24.5 Å². The molecule has 1 aliphatic heterocycles. The molecular formula is C21H21N3O3S2. The molecule has 2 aromatic carbocycles. The zero-order chi connectivity index (χ0) is 20.3. The number of nitrogens with zero attached hydrogens (tertiary/aromatic N) is 2. The fourth-order valence-electron chi connectivity index (χ4n) is 3.25. The highest BCUT2D eigenvalue weighted by Crippen LogP contribution is 2.25. The van der Waals surface area contributed by atoms with Crippen LogP contribution in [0.1, 0.15) is 29.8 Å². The lowest BCUT2D eigenvalue weighted by Gasteiger charge is -2.25. The zero-order valence-electron chi connectivity index (χ0n) is 15.7. The van der Waals surface area contributed by atoms with E-state index in [1.54, 1.807) is 17.5 Å². The van der Waals surface area contributed by atoms with Gasteiger partial charge in [-0.3, -0.25) is 4.79 Å². The maximum atomic E-state index is 12.7. The number of rotatable bonds is 5. The molecule has 1 aliphatic rings. The Kier molecular flexibility index (Phi) is 5.75. The first-order valence-electron chi connectivity index (χ1n) is 9.46. The molecule has 2 heterocycles. The molecule has 1 saturated heterocycles. The van der Waals surface area contributed by atoms with E-state index in [9.17, 15) is 13.2 Å². The highest BCUT2D eigenvalue weighted by Gasteiger charge is 2.25. The van der Waals surface area contributed by atoms with Crippen molar-refractivity contribution in [3.05, 3.63) is 65.7 Å². The number of thiazole rings is 1. The maximum absolute atomic E-state index is 12.7. The lowest BCUT2D eigenvalue weighted by atomic mass is 10.2. The van der Waals surface area contributed by atoms with Gasteiger partial charge in [0, 0.05) is 29.7 Å². The molecule has 0 radical (unpaired) electrons. The molecule has 29 heavy (non-hydrogen) atoms. The Labute approximate surface area is 174 Å². The molecule has 1 N–H and O–H groups in total. The van der Waals surface area contributed by atoms with Crippen molar-refractivity contribution >= 4 is 33.0 Å². The monoisotopic (exact) mass is 427 g/mol. The lowest BCUT2D eigenvalue weighted by Crippen LogP contribution is -2.35. The number of benzene rings is 2. The summed E-state index contributed by atoms with van der Waals surface area (Å²) >= 11 is 1.41.